The molecule has 0 aliphatic carbocycles. The quantitative estimate of drug-likeness (QED) is 0.176. The van der Waals surface area contributed by atoms with E-state index in [4.69, 9.17) is 14.2 Å². The Morgan fingerprint density at radius 3 is 2.44 bits per heavy atom. The van der Waals surface area contributed by atoms with Crippen LogP contribution in [0.4, 0.5) is 5.69 Å². The van der Waals surface area contributed by atoms with Crippen LogP contribution < -0.4 is 14.4 Å². The van der Waals surface area contributed by atoms with Gasteiger partial charge in [0.25, 0.3) is 5.91 Å². The molecule has 0 amide bonds. The third-order valence-electron chi connectivity index (χ3n) is 8.48. The molecule has 0 saturated heterocycles. The van der Waals surface area contributed by atoms with E-state index < -0.39 is 0 Å². The summed E-state index contributed by atoms with van der Waals surface area (Å²) in [5, 5.41) is 0.880. The first kappa shape index (κ1) is 30.0. The maximum Gasteiger partial charge on any atom is 0.310 e. The summed E-state index contributed by atoms with van der Waals surface area (Å²) in [6.07, 6.45) is -0.0480. The molecule has 1 aliphatic rings. The average molecular weight is 603 g/mol. The first-order valence-electron chi connectivity index (χ1n) is 15.2. The first-order chi connectivity index (χ1) is 21.7. The van der Waals surface area contributed by atoms with Crippen LogP contribution in [-0.4, -0.2) is 42.7 Å². The summed E-state index contributed by atoms with van der Waals surface area (Å²) in [6, 6.07) is 27.4. The number of fused-ring (bicyclic) bond motifs is 2. The van der Waals surface area contributed by atoms with E-state index in [1.165, 1.54) is 0 Å². The molecule has 1 aromatic heterocycles. The Labute approximate surface area is 264 Å². The predicted molar refractivity (Wildman–Crippen MR) is 177 cm³/mol. The Morgan fingerprint density at radius 2 is 1.64 bits per heavy atom. The molecule has 5 aromatic rings. The highest BCUT2D eigenvalue weighted by Crippen LogP contribution is 2.33. The van der Waals surface area contributed by atoms with Gasteiger partial charge in [-0.2, -0.15) is 0 Å². The lowest BCUT2D eigenvalue weighted by molar-refractivity contribution is -0.144. The van der Waals surface area contributed by atoms with Crippen molar-refractivity contribution < 1.29 is 23.8 Å². The van der Waals surface area contributed by atoms with Gasteiger partial charge in [-0.1, -0.05) is 54.1 Å². The van der Waals surface area contributed by atoms with Crippen molar-refractivity contribution in [3.63, 3.8) is 0 Å². The smallest absolute Gasteiger partial charge is 0.310 e. The molecule has 2 heterocycles. The van der Waals surface area contributed by atoms with Crippen LogP contribution in [0.25, 0.3) is 10.9 Å². The lowest BCUT2D eigenvalue weighted by Crippen LogP contribution is -2.41. The van der Waals surface area contributed by atoms with E-state index in [0.29, 0.717) is 18.7 Å². The zero-order chi connectivity index (χ0) is 31.7. The van der Waals surface area contributed by atoms with E-state index in [1.807, 2.05) is 113 Å². The van der Waals surface area contributed by atoms with Gasteiger partial charge >= 0.3 is 5.97 Å². The van der Waals surface area contributed by atoms with Crippen LogP contribution in [0.2, 0.25) is 0 Å². The number of anilines is 1. The Kier molecular flexibility index (Phi) is 8.35. The molecule has 0 fully saturated rings. The van der Waals surface area contributed by atoms with Crippen LogP contribution in [0, 0.1) is 27.7 Å². The molecule has 0 saturated carbocycles. The lowest BCUT2D eigenvalue weighted by Gasteiger charge is -2.33. The van der Waals surface area contributed by atoms with Crippen molar-refractivity contribution in [3.8, 4) is 11.5 Å². The standard InChI is InChI=1S/C38H38N2O5/c1-24-15-16-33-32(17-24)31(20-37(41)44-22-28-11-7-6-8-12-28)27(4)40(33)38(42)30-18-26(3)36(19-25(30)2)43-23-29-21-39(5)34-13-9-10-14-35(34)45-29/h6-19,29H,20-23H2,1-5H3/t29-/m0/s1. The van der Waals surface area contributed by atoms with Crippen molar-refractivity contribution in [1.82, 2.24) is 4.57 Å². The first-order valence-corrected chi connectivity index (χ1v) is 15.2. The van der Waals surface area contributed by atoms with Gasteiger partial charge in [0.05, 0.1) is 24.2 Å². The van der Waals surface area contributed by atoms with E-state index in [1.54, 1.807) is 4.57 Å². The van der Waals surface area contributed by atoms with Gasteiger partial charge in [-0.25, -0.2) is 0 Å². The summed E-state index contributed by atoms with van der Waals surface area (Å²) >= 11 is 0. The van der Waals surface area contributed by atoms with Crippen LogP contribution >= 0.6 is 0 Å². The van der Waals surface area contributed by atoms with Crippen LogP contribution in [0.3, 0.4) is 0 Å². The molecule has 7 nitrogen and oxygen atoms in total. The summed E-state index contributed by atoms with van der Waals surface area (Å²) in [7, 11) is 2.05. The van der Waals surface area contributed by atoms with Crippen LogP contribution in [-0.2, 0) is 22.6 Å². The van der Waals surface area contributed by atoms with Crippen molar-refractivity contribution in [3.05, 3.63) is 124 Å². The second-order valence-electron chi connectivity index (χ2n) is 11.9. The molecule has 7 heteroatoms. The van der Waals surface area contributed by atoms with Gasteiger partial charge in [-0.05, 0) is 86.3 Å². The largest absolute Gasteiger partial charge is 0.489 e. The van der Waals surface area contributed by atoms with Gasteiger partial charge in [0, 0.05) is 23.7 Å². The predicted octanol–water partition coefficient (Wildman–Crippen LogP) is 7.13. The fourth-order valence-electron chi connectivity index (χ4n) is 6.07. The van der Waals surface area contributed by atoms with Crippen molar-refractivity contribution in [2.45, 2.75) is 46.8 Å². The Hall–Kier alpha value is -5.04. The normalized spacial score (nSPS) is 14.2. The third-order valence-corrected chi connectivity index (χ3v) is 8.48. The number of hydrogen-bond donors (Lipinski definition) is 0. The van der Waals surface area contributed by atoms with Gasteiger partial charge in [0.15, 0.2) is 0 Å². The zero-order valence-electron chi connectivity index (χ0n) is 26.4. The highest BCUT2D eigenvalue weighted by molar-refractivity contribution is 6.05. The minimum atomic E-state index is -0.333. The molecule has 1 aliphatic heterocycles. The molecule has 1 atom stereocenters. The van der Waals surface area contributed by atoms with Crippen LogP contribution in [0.15, 0.2) is 84.9 Å². The van der Waals surface area contributed by atoms with E-state index in [-0.39, 0.29) is 31.0 Å². The highest BCUT2D eigenvalue weighted by atomic mass is 16.5. The fraction of sp³-hybridized carbons (Fsp3) is 0.263. The second kappa shape index (κ2) is 12.5. The van der Waals surface area contributed by atoms with Gasteiger partial charge in [-0.15, -0.1) is 0 Å². The number of benzene rings is 4. The van der Waals surface area contributed by atoms with Crippen molar-refractivity contribution in [2.75, 3.05) is 25.1 Å². The SMILES string of the molecule is Cc1ccc2c(c1)c(CC(=O)OCc1ccccc1)c(C)n2C(=O)c1cc(C)c(OC[C@@H]2CN(C)c3ccccc3O2)cc1C. The minimum absolute atomic E-state index is 0.0760. The number of aromatic nitrogens is 1. The van der Waals surface area contributed by atoms with Crippen LogP contribution in [0.5, 0.6) is 11.5 Å². The molecule has 0 bridgehead atoms. The molecule has 0 radical (unpaired) electrons. The number of aryl methyl sites for hydroxylation is 3. The lowest BCUT2D eigenvalue weighted by atomic mass is 10.0. The van der Waals surface area contributed by atoms with Gasteiger partial charge in [-0.3, -0.25) is 14.2 Å². The summed E-state index contributed by atoms with van der Waals surface area (Å²) in [4.78, 5) is 29.3. The molecule has 6 rings (SSSR count). The summed E-state index contributed by atoms with van der Waals surface area (Å²) in [6.45, 7) is 9.09. The maximum atomic E-state index is 14.2. The van der Waals surface area contributed by atoms with Crippen molar-refractivity contribution in [2.24, 2.45) is 0 Å². The van der Waals surface area contributed by atoms with E-state index >= 15 is 0 Å². The van der Waals surface area contributed by atoms with Gasteiger partial charge in [0.1, 0.15) is 30.8 Å². The van der Waals surface area contributed by atoms with Crippen LogP contribution in [0.1, 0.15) is 43.9 Å². The summed E-state index contributed by atoms with van der Waals surface area (Å²) in [5.41, 5.74) is 7.61. The number of hydrogen-bond acceptors (Lipinski definition) is 6. The minimum Gasteiger partial charge on any atom is -0.489 e. The molecular weight excluding hydrogens is 564 g/mol. The third kappa shape index (κ3) is 6.16. The fourth-order valence-corrected chi connectivity index (χ4v) is 6.07. The number of carbonyl (C=O) groups is 2. The second-order valence-corrected chi connectivity index (χ2v) is 11.9. The molecule has 0 spiro atoms. The maximum absolute atomic E-state index is 14.2. The number of likely N-dealkylation sites (N-methyl/N-ethyl adjacent to an activating group) is 1. The summed E-state index contributed by atoms with van der Waals surface area (Å²) in [5.74, 6) is 1.09. The molecule has 0 N–H and O–H groups in total. The average Bonchev–Trinajstić information content (AvgIpc) is 3.30. The molecule has 0 unspecified atom stereocenters. The van der Waals surface area contributed by atoms with E-state index in [0.717, 1.165) is 61.6 Å². The monoisotopic (exact) mass is 602 g/mol. The number of rotatable bonds is 8. The number of carbonyl (C=O) groups excluding carboxylic acids is 2. The van der Waals surface area contributed by atoms with Gasteiger partial charge < -0.3 is 19.1 Å². The molecule has 45 heavy (non-hydrogen) atoms. The number of esters is 1. The number of nitrogens with zero attached hydrogens (tertiary/aromatic N) is 2. The van der Waals surface area contributed by atoms with Crippen molar-refractivity contribution in [1.29, 1.82) is 0 Å². The van der Waals surface area contributed by atoms with Gasteiger partial charge in [0.2, 0.25) is 0 Å². The van der Waals surface area contributed by atoms with E-state index in [2.05, 4.69) is 11.9 Å². The van der Waals surface area contributed by atoms with E-state index in [9.17, 15) is 9.59 Å². The number of para-hydroxylation sites is 2. The Bertz CT molecular complexity index is 1890. The molecule has 4 aromatic carbocycles. The Balaban J connectivity index is 1.22. The zero-order valence-corrected chi connectivity index (χ0v) is 26.4. The highest BCUT2D eigenvalue weighted by Gasteiger charge is 2.26. The molecular formula is C38H38N2O5. The topological polar surface area (TPSA) is 70.0 Å². The van der Waals surface area contributed by atoms with Crippen molar-refractivity contribution >= 4 is 28.5 Å². The molecule has 230 valence electrons. The Morgan fingerprint density at radius 1 is 0.889 bits per heavy atom. The number of ether oxygens (including phenoxy) is 3. The summed E-state index contributed by atoms with van der Waals surface area (Å²) < 4.78 is 19.8.